The fourth-order valence-electron chi connectivity index (χ4n) is 1.13. The highest BCUT2D eigenvalue weighted by Crippen LogP contribution is 2.14. The van der Waals surface area contributed by atoms with Crippen LogP contribution in [-0.4, -0.2) is 26.3 Å². The molecule has 0 saturated heterocycles. The monoisotopic (exact) mass is 243 g/mol. The molecule has 1 atom stereocenters. The normalized spacial score (nSPS) is 12.2. The SMILES string of the molecule is COC(=O)COCC(N)c1ccc(Cl)cc1. The first-order valence-corrected chi connectivity index (χ1v) is 5.17. The van der Waals surface area contributed by atoms with Crippen LogP contribution in [0.5, 0.6) is 0 Å². The van der Waals surface area contributed by atoms with Gasteiger partial charge in [0.2, 0.25) is 0 Å². The Bertz CT molecular complexity index is 340. The fourth-order valence-corrected chi connectivity index (χ4v) is 1.26. The van der Waals surface area contributed by atoms with Crippen LogP contribution in [0.15, 0.2) is 24.3 Å². The van der Waals surface area contributed by atoms with Gasteiger partial charge in [-0.15, -0.1) is 0 Å². The minimum absolute atomic E-state index is 0.0855. The molecule has 5 heteroatoms. The first-order chi connectivity index (χ1) is 7.63. The second-order valence-electron chi connectivity index (χ2n) is 3.25. The zero-order chi connectivity index (χ0) is 12.0. The number of hydrogen-bond acceptors (Lipinski definition) is 4. The van der Waals surface area contributed by atoms with Crippen LogP contribution in [0, 0.1) is 0 Å². The lowest BCUT2D eigenvalue weighted by Crippen LogP contribution is -2.20. The maximum absolute atomic E-state index is 10.8. The molecule has 1 rings (SSSR count). The summed E-state index contributed by atoms with van der Waals surface area (Å²) in [4.78, 5) is 10.8. The number of ether oxygens (including phenoxy) is 2. The van der Waals surface area contributed by atoms with Crippen molar-refractivity contribution in [1.29, 1.82) is 0 Å². The van der Waals surface area contributed by atoms with Gasteiger partial charge in [0.05, 0.1) is 19.8 Å². The molecule has 0 saturated carbocycles. The van der Waals surface area contributed by atoms with E-state index in [2.05, 4.69) is 4.74 Å². The predicted molar refractivity (Wildman–Crippen MR) is 61.2 cm³/mol. The summed E-state index contributed by atoms with van der Waals surface area (Å²) >= 11 is 5.75. The van der Waals surface area contributed by atoms with Crippen molar-refractivity contribution in [2.75, 3.05) is 20.3 Å². The number of hydrogen-bond donors (Lipinski definition) is 1. The van der Waals surface area contributed by atoms with Crippen molar-refractivity contribution >= 4 is 17.6 Å². The Kier molecular flexibility index (Phi) is 5.25. The van der Waals surface area contributed by atoms with Gasteiger partial charge in [-0.05, 0) is 17.7 Å². The summed E-state index contributed by atoms with van der Waals surface area (Å²) in [5.41, 5.74) is 6.76. The minimum Gasteiger partial charge on any atom is -0.467 e. The summed E-state index contributed by atoms with van der Waals surface area (Å²) in [6.07, 6.45) is 0. The number of carbonyl (C=O) groups excluding carboxylic acids is 1. The van der Waals surface area contributed by atoms with E-state index in [1.807, 2.05) is 12.1 Å². The first-order valence-electron chi connectivity index (χ1n) is 4.79. The molecular formula is C11H14ClNO3. The largest absolute Gasteiger partial charge is 0.467 e. The van der Waals surface area contributed by atoms with Gasteiger partial charge in [0, 0.05) is 5.02 Å². The summed E-state index contributed by atoms with van der Waals surface area (Å²) in [7, 11) is 1.31. The zero-order valence-electron chi connectivity index (χ0n) is 8.98. The van der Waals surface area contributed by atoms with E-state index in [4.69, 9.17) is 22.1 Å². The molecule has 0 aliphatic carbocycles. The first kappa shape index (κ1) is 13.0. The molecule has 0 bridgehead atoms. The molecule has 2 N–H and O–H groups in total. The average Bonchev–Trinajstić information content (AvgIpc) is 2.29. The van der Waals surface area contributed by atoms with Gasteiger partial charge in [-0.25, -0.2) is 4.79 Å². The Balaban J connectivity index is 2.37. The van der Waals surface area contributed by atoms with Crippen molar-refractivity contribution in [3.8, 4) is 0 Å². The molecule has 88 valence electrons. The topological polar surface area (TPSA) is 61.5 Å². The van der Waals surface area contributed by atoms with Crippen LogP contribution < -0.4 is 5.73 Å². The maximum atomic E-state index is 10.8. The Hall–Kier alpha value is -1.10. The highest BCUT2D eigenvalue weighted by Gasteiger charge is 2.07. The van der Waals surface area contributed by atoms with Gasteiger partial charge in [-0.2, -0.15) is 0 Å². The zero-order valence-corrected chi connectivity index (χ0v) is 9.74. The molecule has 0 aromatic heterocycles. The number of carbonyl (C=O) groups is 1. The van der Waals surface area contributed by atoms with Crippen molar-refractivity contribution in [2.24, 2.45) is 5.73 Å². The standard InChI is InChI=1S/C11H14ClNO3/c1-15-11(14)7-16-6-10(13)8-2-4-9(12)5-3-8/h2-5,10H,6-7,13H2,1H3. The van der Waals surface area contributed by atoms with Gasteiger partial charge >= 0.3 is 5.97 Å². The van der Waals surface area contributed by atoms with Crippen LogP contribution in [0.1, 0.15) is 11.6 Å². The summed E-state index contributed by atoms with van der Waals surface area (Å²) in [6, 6.07) is 6.90. The lowest BCUT2D eigenvalue weighted by atomic mass is 10.1. The quantitative estimate of drug-likeness (QED) is 0.797. The van der Waals surface area contributed by atoms with E-state index in [1.54, 1.807) is 12.1 Å². The van der Waals surface area contributed by atoms with E-state index in [-0.39, 0.29) is 19.3 Å². The molecule has 0 amide bonds. The van der Waals surface area contributed by atoms with Gasteiger partial charge < -0.3 is 15.2 Å². The molecular weight excluding hydrogens is 230 g/mol. The number of methoxy groups -OCH3 is 1. The van der Waals surface area contributed by atoms with Gasteiger partial charge in [0.1, 0.15) is 6.61 Å². The smallest absolute Gasteiger partial charge is 0.331 e. The highest BCUT2D eigenvalue weighted by atomic mass is 35.5. The van der Waals surface area contributed by atoms with Gasteiger partial charge in [0.25, 0.3) is 0 Å². The lowest BCUT2D eigenvalue weighted by molar-refractivity contribution is -0.146. The van der Waals surface area contributed by atoms with E-state index < -0.39 is 5.97 Å². The van der Waals surface area contributed by atoms with Crippen molar-refractivity contribution in [2.45, 2.75) is 6.04 Å². The molecule has 1 aromatic carbocycles. The maximum Gasteiger partial charge on any atom is 0.331 e. The van der Waals surface area contributed by atoms with Crippen LogP contribution >= 0.6 is 11.6 Å². The van der Waals surface area contributed by atoms with Crippen molar-refractivity contribution in [3.63, 3.8) is 0 Å². The second kappa shape index (κ2) is 6.48. The molecule has 0 spiro atoms. The molecule has 4 nitrogen and oxygen atoms in total. The summed E-state index contributed by atoms with van der Waals surface area (Å²) in [5.74, 6) is -0.414. The van der Waals surface area contributed by atoms with Crippen LogP contribution in [-0.2, 0) is 14.3 Å². The Labute approximate surface area is 99.3 Å². The van der Waals surface area contributed by atoms with Crippen LogP contribution in [0.25, 0.3) is 0 Å². The van der Waals surface area contributed by atoms with E-state index in [0.717, 1.165) is 5.56 Å². The Morgan fingerprint density at radius 1 is 1.44 bits per heavy atom. The van der Waals surface area contributed by atoms with Crippen molar-refractivity contribution in [3.05, 3.63) is 34.9 Å². The molecule has 0 fully saturated rings. The molecule has 1 unspecified atom stereocenters. The lowest BCUT2D eigenvalue weighted by Gasteiger charge is -2.11. The predicted octanol–water partition coefficient (Wildman–Crippen LogP) is 1.53. The van der Waals surface area contributed by atoms with Gasteiger partial charge in [-0.1, -0.05) is 23.7 Å². The third-order valence-corrected chi connectivity index (χ3v) is 2.30. The number of halogens is 1. The molecule has 0 aliphatic heterocycles. The van der Waals surface area contributed by atoms with Gasteiger partial charge in [0.15, 0.2) is 0 Å². The summed E-state index contributed by atoms with van der Waals surface area (Å²) in [6.45, 7) is 0.175. The summed E-state index contributed by atoms with van der Waals surface area (Å²) < 4.78 is 9.53. The number of esters is 1. The number of nitrogens with two attached hydrogens (primary N) is 1. The van der Waals surface area contributed by atoms with E-state index in [9.17, 15) is 4.79 Å². The van der Waals surface area contributed by atoms with E-state index in [0.29, 0.717) is 5.02 Å². The molecule has 16 heavy (non-hydrogen) atoms. The molecule has 1 aromatic rings. The number of benzene rings is 1. The highest BCUT2D eigenvalue weighted by molar-refractivity contribution is 6.30. The van der Waals surface area contributed by atoms with Crippen LogP contribution in [0.2, 0.25) is 5.02 Å². The van der Waals surface area contributed by atoms with Crippen LogP contribution in [0.3, 0.4) is 0 Å². The summed E-state index contributed by atoms with van der Waals surface area (Å²) in [5, 5.41) is 0.659. The Morgan fingerprint density at radius 3 is 2.62 bits per heavy atom. The van der Waals surface area contributed by atoms with Crippen molar-refractivity contribution in [1.82, 2.24) is 0 Å². The number of rotatable bonds is 5. The molecule has 0 heterocycles. The van der Waals surface area contributed by atoms with Crippen LogP contribution in [0.4, 0.5) is 0 Å². The van der Waals surface area contributed by atoms with Crippen molar-refractivity contribution < 1.29 is 14.3 Å². The van der Waals surface area contributed by atoms with E-state index in [1.165, 1.54) is 7.11 Å². The third-order valence-electron chi connectivity index (χ3n) is 2.04. The molecule has 0 aliphatic rings. The fraction of sp³-hybridized carbons (Fsp3) is 0.364. The second-order valence-corrected chi connectivity index (χ2v) is 3.69. The van der Waals surface area contributed by atoms with Gasteiger partial charge in [-0.3, -0.25) is 0 Å². The van der Waals surface area contributed by atoms with E-state index >= 15 is 0 Å². The Morgan fingerprint density at radius 2 is 2.06 bits per heavy atom. The molecule has 0 radical (unpaired) electrons. The minimum atomic E-state index is -0.414. The average molecular weight is 244 g/mol. The third kappa shape index (κ3) is 4.18.